The molecule has 126 valence electrons. The van der Waals surface area contributed by atoms with Crippen molar-refractivity contribution in [3.05, 3.63) is 112 Å². The van der Waals surface area contributed by atoms with Crippen LogP contribution in [0.25, 0.3) is 28.2 Å². The zero-order chi connectivity index (χ0) is 17.9. The molecule has 1 heterocycles. The van der Waals surface area contributed by atoms with Crippen molar-refractivity contribution in [1.29, 1.82) is 0 Å². The zero-order valence-electron chi connectivity index (χ0n) is 14.0. The molecule has 1 aromatic heterocycles. The van der Waals surface area contributed by atoms with Crippen molar-refractivity contribution >= 4 is 11.6 Å². The molecule has 0 bridgehead atoms. The molecule has 4 rings (SSSR count). The number of halogens is 1. The summed E-state index contributed by atoms with van der Waals surface area (Å²) in [5.41, 5.74) is 4.34. The van der Waals surface area contributed by atoms with Crippen molar-refractivity contribution in [3.8, 4) is 28.2 Å². The Kier molecular flexibility index (Phi) is 4.42. The average molecular weight is 358 g/mol. The Hall–Kier alpha value is -3.10. The van der Waals surface area contributed by atoms with Crippen molar-refractivity contribution in [3.63, 3.8) is 0 Å². The van der Waals surface area contributed by atoms with Gasteiger partial charge in [-0.15, -0.1) is 0 Å². The Morgan fingerprint density at radius 3 is 1.58 bits per heavy atom. The van der Waals surface area contributed by atoms with E-state index in [0.29, 0.717) is 5.02 Å². The molecule has 4 aromatic rings. The molecule has 3 heteroatoms. The first kappa shape index (κ1) is 16.4. The van der Waals surface area contributed by atoms with Gasteiger partial charge in [0.05, 0.1) is 22.1 Å². The van der Waals surface area contributed by atoms with Gasteiger partial charge >= 0.3 is 0 Å². The number of rotatable bonds is 3. The summed E-state index contributed by atoms with van der Waals surface area (Å²) in [7, 11) is 0. The molecule has 0 saturated carbocycles. The second-order valence-corrected chi connectivity index (χ2v) is 6.39. The van der Waals surface area contributed by atoms with E-state index in [-0.39, 0.29) is 5.43 Å². The minimum absolute atomic E-state index is 0.0361. The highest BCUT2D eigenvalue weighted by atomic mass is 35.5. The number of hydrogen-bond donors (Lipinski definition) is 0. The van der Waals surface area contributed by atoms with Gasteiger partial charge in [-0.1, -0.05) is 84.4 Å². The summed E-state index contributed by atoms with van der Waals surface area (Å²) in [4.78, 5) is 12.5. The first-order valence-electron chi connectivity index (χ1n) is 8.37. The lowest BCUT2D eigenvalue weighted by atomic mass is 10.1. The Balaban J connectivity index is 2.12. The van der Waals surface area contributed by atoms with E-state index in [1.165, 1.54) is 0 Å². The lowest BCUT2D eigenvalue weighted by Crippen LogP contribution is -2.11. The topological polar surface area (TPSA) is 22.0 Å². The van der Waals surface area contributed by atoms with E-state index in [1.54, 1.807) is 12.1 Å². The molecule has 0 saturated heterocycles. The van der Waals surface area contributed by atoms with Crippen molar-refractivity contribution < 1.29 is 0 Å². The summed E-state index contributed by atoms with van der Waals surface area (Å²) >= 11 is 6.52. The van der Waals surface area contributed by atoms with Crippen LogP contribution in [0.1, 0.15) is 0 Å². The standard InChI is InChI=1S/C23H16ClNO/c24-20-13-7-8-14-21(20)25-22(17-9-3-1-4-10-17)15-19(26)16-23(25)18-11-5-2-6-12-18/h1-16H. The summed E-state index contributed by atoms with van der Waals surface area (Å²) < 4.78 is 2.05. The molecule has 0 radical (unpaired) electrons. The van der Waals surface area contributed by atoms with E-state index in [0.717, 1.165) is 28.2 Å². The van der Waals surface area contributed by atoms with Crippen LogP contribution in [0, 0.1) is 0 Å². The minimum atomic E-state index is -0.0361. The highest BCUT2D eigenvalue weighted by Gasteiger charge is 2.15. The number of para-hydroxylation sites is 1. The van der Waals surface area contributed by atoms with Gasteiger partial charge in [-0.2, -0.15) is 0 Å². The molecule has 0 amide bonds. The predicted molar refractivity (Wildman–Crippen MR) is 108 cm³/mol. The normalized spacial score (nSPS) is 10.7. The summed E-state index contributed by atoms with van der Waals surface area (Å²) in [5.74, 6) is 0. The van der Waals surface area contributed by atoms with Crippen molar-refractivity contribution in [2.45, 2.75) is 0 Å². The van der Waals surface area contributed by atoms with Crippen LogP contribution in [0.2, 0.25) is 5.02 Å². The molecule has 3 aromatic carbocycles. The number of aromatic nitrogens is 1. The molecule has 0 aliphatic rings. The summed E-state index contributed by atoms with van der Waals surface area (Å²) in [6.07, 6.45) is 0. The van der Waals surface area contributed by atoms with Crippen LogP contribution in [0.3, 0.4) is 0 Å². The first-order chi connectivity index (χ1) is 12.7. The van der Waals surface area contributed by atoms with Crippen molar-refractivity contribution in [1.82, 2.24) is 4.57 Å². The monoisotopic (exact) mass is 357 g/mol. The number of hydrogen-bond acceptors (Lipinski definition) is 1. The van der Waals surface area contributed by atoms with Crippen LogP contribution in [0.15, 0.2) is 102 Å². The van der Waals surface area contributed by atoms with Gasteiger partial charge in [-0.3, -0.25) is 4.79 Å². The van der Waals surface area contributed by atoms with Gasteiger partial charge in [0, 0.05) is 12.1 Å². The van der Waals surface area contributed by atoms with E-state index in [9.17, 15) is 4.79 Å². The Morgan fingerprint density at radius 2 is 1.08 bits per heavy atom. The van der Waals surface area contributed by atoms with Gasteiger partial charge in [-0.05, 0) is 23.3 Å². The highest BCUT2D eigenvalue weighted by Crippen LogP contribution is 2.32. The summed E-state index contributed by atoms with van der Waals surface area (Å²) in [6.45, 7) is 0. The van der Waals surface area contributed by atoms with Crippen molar-refractivity contribution in [2.24, 2.45) is 0 Å². The third-order valence-corrected chi connectivity index (χ3v) is 4.59. The third kappa shape index (κ3) is 3.07. The van der Waals surface area contributed by atoms with E-state index in [4.69, 9.17) is 11.6 Å². The van der Waals surface area contributed by atoms with Crippen LogP contribution in [0.4, 0.5) is 0 Å². The molecule has 0 aliphatic heterocycles. The molecule has 0 spiro atoms. The summed E-state index contributed by atoms with van der Waals surface area (Å²) in [6, 6.07) is 30.8. The van der Waals surface area contributed by atoms with Gasteiger partial charge in [0.25, 0.3) is 0 Å². The second-order valence-electron chi connectivity index (χ2n) is 5.98. The average Bonchev–Trinajstić information content (AvgIpc) is 2.69. The van der Waals surface area contributed by atoms with Crippen LogP contribution in [-0.4, -0.2) is 4.57 Å². The number of benzene rings is 3. The number of nitrogens with zero attached hydrogens (tertiary/aromatic N) is 1. The fraction of sp³-hybridized carbons (Fsp3) is 0. The molecular weight excluding hydrogens is 342 g/mol. The van der Waals surface area contributed by atoms with Gasteiger partial charge in [0.2, 0.25) is 0 Å². The number of pyridine rings is 1. The maximum absolute atomic E-state index is 12.5. The molecular formula is C23H16ClNO. The maximum Gasteiger partial charge on any atom is 0.182 e. The van der Waals surface area contributed by atoms with E-state index in [2.05, 4.69) is 4.57 Å². The third-order valence-electron chi connectivity index (χ3n) is 4.27. The largest absolute Gasteiger partial charge is 0.308 e. The molecule has 2 nitrogen and oxygen atoms in total. The van der Waals surface area contributed by atoms with Crippen LogP contribution < -0.4 is 5.43 Å². The lowest BCUT2D eigenvalue weighted by molar-refractivity contribution is 1.06. The van der Waals surface area contributed by atoms with Crippen molar-refractivity contribution in [2.75, 3.05) is 0 Å². The Morgan fingerprint density at radius 1 is 0.615 bits per heavy atom. The van der Waals surface area contributed by atoms with E-state index >= 15 is 0 Å². The molecule has 0 atom stereocenters. The Bertz CT molecular complexity index is 1040. The van der Waals surface area contributed by atoms with Gasteiger partial charge in [0.1, 0.15) is 0 Å². The quantitative estimate of drug-likeness (QED) is 0.452. The highest BCUT2D eigenvalue weighted by molar-refractivity contribution is 6.32. The summed E-state index contributed by atoms with van der Waals surface area (Å²) in [5, 5.41) is 0.630. The van der Waals surface area contributed by atoms with E-state index in [1.807, 2.05) is 84.9 Å². The maximum atomic E-state index is 12.5. The Labute approximate surface area is 156 Å². The fourth-order valence-electron chi connectivity index (χ4n) is 3.11. The molecule has 26 heavy (non-hydrogen) atoms. The van der Waals surface area contributed by atoms with Crippen LogP contribution >= 0.6 is 11.6 Å². The van der Waals surface area contributed by atoms with Crippen LogP contribution in [0.5, 0.6) is 0 Å². The second kappa shape index (κ2) is 7.03. The molecule has 0 aliphatic carbocycles. The first-order valence-corrected chi connectivity index (χ1v) is 8.75. The zero-order valence-corrected chi connectivity index (χ0v) is 14.7. The van der Waals surface area contributed by atoms with Gasteiger partial charge < -0.3 is 4.57 Å². The smallest absolute Gasteiger partial charge is 0.182 e. The van der Waals surface area contributed by atoms with E-state index < -0.39 is 0 Å². The van der Waals surface area contributed by atoms with Gasteiger partial charge in [0.15, 0.2) is 5.43 Å². The van der Waals surface area contributed by atoms with Gasteiger partial charge in [-0.25, -0.2) is 0 Å². The predicted octanol–water partition coefficient (Wildman–Crippen LogP) is 5.82. The lowest BCUT2D eigenvalue weighted by Gasteiger charge is -2.20. The SMILES string of the molecule is O=c1cc(-c2ccccc2)n(-c2ccccc2Cl)c(-c2ccccc2)c1. The van der Waals surface area contributed by atoms with Crippen LogP contribution in [-0.2, 0) is 0 Å². The minimum Gasteiger partial charge on any atom is -0.308 e. The fourth-order valence-corrected chi connectivity index (χ4v) is 3.33. The molecule has 0 fully saturated rings. The molecule has 0 N–H and O–H groups in total. The molecule has 0 unspecified atom stereocenters.